The van der Waals surface area contributed by atoms with E-state index < -0.39 is 11.7 Å². The van der Waals surface area contributed by atoms with Gasteiger partial charge >= 0.3 is 6.09 Å². The molecule has 0 aromatic heterocycles. The Morgan fingerprint density at radius 1 is 1.52 bits per heavy atom. The van der Waals surface area contributed by atoms with Gasteiger partial charge in [-0.15, -0.1) is 0 Å². The number of alkyl carbamates (subject to hydrolysis) is 1. The van der Waals surface area contributed by atoms with E-state index in [1.54, 1.807) is 0 Å². The van der Waals surface area contributed by atoms with Crippen LogP contribution < -0.4 is 5.32 Å². The largest absolute Gasteiger partial charge is 0.444 e. The second kappa shape index (κ2) is 8.74. The number of carbonyl (C=O) groups excluding carboxylic acids is 1. The van der Waals surface area contributed by atoms with Gasteiger partial charge < -0.3 is 14.8 Å². The predicted octanol–water partition coefficient (Wildman–Crippen LogP) is 3.40. The van der Waals surface area contributed by atoms with Crippen molar-refractivity contribution in [2.24, 2.45) is 11.0 Å². The van der Waals surface area contributed by atoms with Crippen molar-refractivity contribution in [2.75, 3.05) is 19.8 Å². The second-order valence-electron chi connectivity index (χ2n) is 6.43. The summed E-state index contributed by atoms with van der Waals surface area (Å²) in [5.41, 5.74) is 7.93. The normalized spacial score (nSPS) is 20.8. The average molecular weight is 298 g/mol. The van der Waals surface area contributed by atoms with Crippen molar-refractivity contribution < 1.29 is 14.3 Å². The molecule has 1 aliphatic rings. The van der Waals surface area contributed by atoms with E-state index in [4.69, 9.17) is 15.0 Å². The number of amides is 1. The maximum Gasteiger partial charge on any atom is 0.407 e. The summed E-state index contributed by atoms with van der Waals surface area (Å²) < 4.78 is 10.8. The molecule has 1 fully saturated rings. The zero-order chi connectivity index (χ0) is 15.7. The van der Waals surface area contributed by atoms with Crippen LogP contribution in [0.4, 0.5) is 4.79 Å². The van der Waals surface area contributed by atoms with Gasteiger partial charge in [0.25, 0.3) is 0 Å². The molecule has 2 atom stereocenters. The molecule has 7 nitrogen and oxygen atoms in total. The molecule has 1 aliphatic heterocycles. The van der Waals surface area contributed by atoms with Gasteiger partial charge in [-0.2, -0.15) is 0 Å². The van der Waals surface area contributed by atoms with Crippen LogP contribution in [0.5, 0.6) is 0 Å². The number of nitrogens with one attached hydrogen (secondary N) is 1. The zero-order valence-electron chi connectivity index (χ0n) is 13.2. The molecule has 1 rings (SSSR count). The Morgan fingerprint density at radius 2 is 2.29 bits per heavy atom. The van der Waals surface area contributed by atoms with E-state index in [2.05, 4.69) is 15.3 Å². The topological polar surface area (TPSA) is 96.3 Å². The molecule has 7 heteroatoms. The molecule has 0 saturated carbocycles. The van der Waals surface area contributed by atoms with Crippen molar-refractivity contribution in [1.82, 2.24) is 5.32 Å². The molecule has 1 amide bonds. The number of hydrogen-bond acceptors (Lipinski definition) is 4. The summed E-state index contributed by atoms with van der Waals surface area (Å²) in [5, 5.41) is 6.37. The number of carbonyl (C=O) groups is 1. The highest BCUT2D eigenvalue weighted by atomic mass is 16.6. The summed E-state index contributed by atoms with van der Waals surface area (Å²) in [5.74, 6) is 0.376. The number of hydrogen-bond donors (Lipinski definition) is 1. The minimum absolute atomic E-state index is 0.220. The second-order valence-corrected chi connectivity index (χ2v) is 6.43. The third kappa shape index (κ3) is 8.42. The molecule has 1 N–H and O–H groups in total. The summed E-state index contributed by atoms with van der Waals surface area (Å²) in [6.45, 7) is 7.17. The van der Waals surface area contributed by atoms with Crippen LogP contribution in [0.1, 0.15) is 46.5 Å². The third-order valence-electron chi connectivity index (χ3n) is 3.21. The van der Waals surface area contributed by atoms with Crippen molar-refractivity contribution in [3.05, 3.63) is 10.4 Å². The van der Waals surface area contributed by atoms with Crippen molar-refractivity contribution in [3.8, 4) is 0 Å². The average Bonchev–Trinajstić information content (AvgIpc) is 2.62. The molecular weight excluding hydrogens is 272 g/mol. The lowest BCUT2D eigenvalue weighted by Gasteiger charge is -2.25. The highest BCUT2D eigenvalue weighted by Crippen LogP contribution is 2.19. The van der Waals surface area contributed by atoms with E-state index in [0.717, 1.165) is 32.3 Å². The molecule has 0 radical (unpaired) electrons. The maximum absolute atomic E-state index is 11.8. The smallest absolute Gasteiger partial charge is 0.407 e. The summed E-state index contributed by atoms with van der Waals surface area (Å²) in [4.78, 5) is 14.6. The first-order valence-corrected chi connectivity index (χ1v) is 7.49. The number of nitrogens with zero attached hydrogens (tertiary/aromatic N) is 3. The van der Waals surface area contributed by atoms with Gasteiger partial charge in [-0.3, -0.25) is 0 Å². The van der Waals surface area contributed by atoms with Crippen LogP contribution in [0.25, 0.3) is 10.4 Å². The summed E-state index contributed by atoms with van der Waals surface area (Å²) >= 11 is 0. The van der Waals surface area contributed by atoms with Crippen molar-refractivity contribution in [3.63, 3.8) is 0 Å². The van der Waals surface area contributed by atoms with E-state index in [1.165, 1.54) is 0 Å². The SMILES string of the molecule is CC(C)(C)OC(=O)N[C@H](CN=[N+]=[N-])C[C@H]1CCCCOC1. The first-order chi connectivity index (χ1) is 9.90. The Balaban J connectivity index is 2.53. The molecule has 1 saturated heterocycles. The molecule has 0 bridgehead atoms. The van der Waals surface area contributed by atoms with E-state index >= 15 is 0 Å². The Hall–Kier alpha value is -1.46. The minimum Gasteiger partial charge on any atom is -0.444 e. The molecule has 1 heterocycles. The zero-order valence-corrected chi connectivity index (χ0v) is 13.2. The van der Waals surface area contributed by atoms with Crippen LogP contribution in [0.3, 0.4) is 0 Å². The molecule has 120 valence electrons. The maximum atomic E-state index is 11.8. The fraction of sp³-hybridized carbons (Fsp3) is 0.929. The van der Waals surface area contributed by atoms with Crippen LogP contribution in [0, 0.1) is 5.92 Å². The fourth-order valence-electron chi connectivity index (χ4n) is 2.35. The van der Waals surface area contributed by atoms with E-state index in [1.807, 2.05) is 20.8 Å². The van der Waals surface area contributed by atoms with Gasteiger partial charge in [0.1, 0.15) is 5.60 Å². The molecular formula is C14H26N4O3. The fourth-order valence-corrected chi connectivity index (χ4v) is 2.35. The summed E-state index contributed by atoms with van der Waals surface area (Å²) in [6.07, 6.45) is 3.54. The Bertz CT molecular complexity index is 367. The van der Waals surface area contributed by atoms with Gasteiger partial charge in [-0.05, 0) is 51.5 Å². The van der Waals surface area contributed by atoms with E-state index in [-0.39, 0.29) is 12.6 Å². The Kier molecular flexibility index (Phi) is 7.32. The van der Waals surface area contributed by atoms with Crippen LogP contribution in [-0.4, -0.2) is 37.5 Å². The summed E-state index contributed by atoms with van der Waals surface area (Å²) in [6, 6.07) is -0.220. The highest BCUT2D eigenvalue weighted by molar-refractivity contribution is 5.68. The van der Waals surface area contributed by atoms with Gasteiger partial charge in [0.05, 0.1) is 0 Å². The number of rotatable bonds is 5. The van der Waals surface area contributed by atoms with Gasteiger partial charge in [0.15, 0.2) is 0 Å². The highest BCUT2D eigenvalue weighted by Gasteiger charge is 2.22. The van der Waals surface area contributed by atoms with Crippen molar-refractivity contribution >= 4 is 6.09 Å². The van der Waals surface area contributed by atoms with Crippen molar-refractivity contribution in [1.29, 1.82) is 0 Å². The quantitative estimate of drug-likeness (QED) is 0.478. The van der Waals surface area contributed by atoms with Gasteiger partial charge in [-0.25, -0.2) is 4.79 Å². The van der Waals surface area contributed by atoms with Crippen LogP contribution in [0.15, 0.2) is 5.11 Å². The third-order valence-corrected chi connectivity index (χ3v) is 3.21. The minimum atomic E-state index is -0.543. The van der Waals surface area contributed by atoms with Crippen LogP contribution in [0.2, 0.25) is 0 Å². The van der Waals surface area contributed by atoms with Gasteiger partial charge in [0.2, 0.25) is 0 Å². The molecule has 0 unspecified atom stereocenters. The van der Waals surface area contributed by atoms with Crippen LogP contribution >= 0.6 is 0 Å². The van der Waals surface area contributed by atoms with E-state index in [9.17, 15) is 4.79 Å². The first kappa shape index (κ1) is 17.6. The van der Waals surface area contributed by atoms with Crippen LogP contribution in [-0.2, 0) is 9.47 Å². The monoisotopic (exact) mass is 298 g/mol. The Morgan fingerprint density at radius 3 is 2.95 bits per heavy atom. The number of ether oxygens (including phenoxy) is 2. The Labute approximate surface area is 126 Å². The van der Waals surface area contributed by atoms with Crippen molar-refractivity contribution in [2.45, 2.75) is 58.1 Å². The molecule has 0 spiro atoms. The number of azide groups is 1. The first-order valence-electron chi connectivity index (χ1n) is 7.49. The summed E-state index contributed by atoms with van der Waals surface area (Å²) in [7, 11) is 0. The van der Waals surface area contributed by atoms with Gasteiger partial charge in [-0.1, -0.05) is 11.5 Å². The molecule has 0 aromatic rings. The standard InChI is InChI=1S/C14H26N4O3/c1-14(2,3)21-13(19)17-12(9-16-18-15)8-11-6-4-5-7-20-10-11/h11-12H,4-10H2,1-3H3,(H,17,19)/t11-,12+/m1/s1. The lowest BCUT2D eigenvalue weighted by Crippen LogP contribution is -2.42. The lowest BCUT2D eigenvalue weighted by molar-refractivity contribution is 0.0488. The van der Waals surface area contributed by atoms with E-state index in [0.29, 0.717) is 12.5 Å². The molecule has 0 aromatic carbocycles. The molecule has 0 aliphatic carbocycles. The molecule has 21 heavy (non-hydrogen) atoms. The predicted molar refractivity (Wildman–Crippen MR) is 79.9 cm³/mol. The van der Waals surface area contributed by atoms with Gasteiger partial charge in [0, 0.05) is 30.7 Å². The lowest BCUT2D eigenvalue weighted by atomic mass is 9.95.